The number of aromatic nitrogens is 1. The van der Waals surface area contributed by atoms with Gasteiger partial charge in [0.1, 0.15) is 17.4 Å². The summed E-state index contributed by atoms with van der Waals surface area (Å²) in [5.41, 5.74) is 1.13. The van der Waals surface area contributed by atoms with Gasteiger partial charge in [-0.1, -0.05) is 13.0 Å². The van der Waals surface area contributed by atoms with Gasteiger partial charge < -0.3 is 10.1 Å². The normalized spacial score (nSPS) is 12.2. The summed E-state index contributed by atoms with van der Waals surface area (Å²) in [4.78, 5) is 3.98. The minimum Gasteiger partial charge on any atom is -0.495 e. The van der Waals surface area contributed by atoms with Crippen molar-refractivity contribution in [2.24, 2.45) is 0 Å². The van der Waals surface area contributed by atoms with E-state index < -0.39 is 17.7 Å². The smallest absolute Gasteiger partial charge is 0.142 e. The Balaban J connectivity index is 2.50. The highest BCUT2D eigenvalue weighted by molar-refractivity contribution is 5.40. The first-order chi connectivity index (χ1) is 9.67. The summed E-state index contributed by atoms with van der Waals surface area (Å²) in [7, 11) is 1.53. The molecule has 0 aliphatic rings. The van der Waals surface area contributed by atoms with E-state index in [0.29, 0.717) is 17.9 Å². The Hall–Kier alpha value is -2.01. The van der Waals surface area contributed by atoms with Crippen molar-refractivity contribution in [1.29, 1.82) is 0 Å². The summed E-state index contributed by atoms with van der Waals surface area (Å²) < 4.78 is 32.3. The fraction of sp³-hybridized carbons (Fsp3) is 0.267. The Morgan fingerprint density at radius 3 is 2.70 bits per heavy atom. The van der Waals surface area contributed by atoms with Crippen LogP contribution in [0.4, 0.5) is 8.78 Å². The van der Waals surface area contributed by atoms with Crippen LogP contribution in [0.1, 0.15) is 24.1 Å². The average molecular weight is 278 g/mol. The lowest BCUT2D eigenvalue weighted by Gasteiger charge is -2.21. The molecule has 2 aromatic rings. The first-order valence-electron chi connectivity index (χ1n) is 6.33. The Morgan fingerprint density at radius 2 is 2.05 bits per heavy atom. The number of nitrogens with one attached hydrogen (secondary N) is 1. The molecule has 0 aliphatic heterocycles. The molecule has 0 amide bonds. The number of nitrogens with zero attached hydrogens (tertiary/aromatic N) is 1. The van der Waals surface area contributed by atoms with Crippen molar-refractivity contribution in [2.45, 2.75) is 13.0 Å². The van der Waals surface area contributed by atoms with Crippen LogP contribution in [-0.2, 0) is 0 Å². The summed E-state index contributed by atoms with van der Waals surface area (Å²) >= 11 is 0. The molecule has 1 aromatic carbocycles. The second kappa shape index (κ2) is 6.43. The SMILES string of the molecule is CCNC(c1ccc(F)cc1F)c1ccncc1OC. The van der Waals surface area contributed by atoms with Crippen LogP contribution in [0.3, 0.4) is 0 Å². The molecule has 20 heavy (non-hydrogen) atoms. The fourth-order valence-electron chi connectivity index (χ4n) is 2.13. The molecule has 5 heteroatoms. The molecule has 0 fully saturated rings. The molecule has 1 atom stereocenters. The topological polar surface area (TPSA) is 34.2 Å². The molecule has 0 radical (unpaired) electrons. The number of methoxy groups -OCH3 is 1. The van der Waals surface area contributed by atoms with E-state index in [1.165, 1.54) is 19.2 Å². The molecule has 0 spiro atoms. The van der Waals surface area contributed by atoms with Crippen molar-refractivity contribution in [3.63, 3.8) is 0 Å². The molecule has 3 nitrogen and oxygen atoms in total. The molecule has 106 valence electrons. The highest BCUT2D eigenvalue weighted by Crippen LogP contribution is 2.30. The van der Waals surface area contributed by atoms with Crippen LogP contribution < -0.4 is 10.1 Å². The lowest BCUT2D eigenvalue weighted by molar-refractivity contribution is 0.401. The van der Waals surface area contributed by atoms with Crippen LogP contribution in [0.2, 0.25) is 0 Å². The monoisotopic (exact) mass is 278 g/mol. The highest BCUT2D eigenvalue weighted by atomic mass is 19.1. The van der Waals surface area contributed by atoms with Gasteiger partial charge in [-0.3, -0.25) is 4.98 Å². The molecule has 2 rings (SSSR count). The minimum atomic E-state index is -0.594. The molecule has 0 aliphatic carbocycles. The largest absolute Gasteiger partial charge is 0.495 e. The first-order valence-corrected chi connectivity index (χ1v) is 6.33. The molecule has 0 saturated heterocycles. The van der Waals surface area contributed by atoms with Crippen molar-refractivity contribution in [2.75, 3.05) is 13.7 Å². The summed E-state index contributed by atoms with van der Waals surface area (Å²) in [5.74, 6) is -0.625. The first kappa shape index (κ1) is 14.4. The Labute approximate surface area is 116 Å². The van der Waals surface area contributed by atoms with Gasteiger partial charge in [0.2, 0.25) is 0 Å². The summed E-state index contributed by atoms with van der Waals surface area (Å²) in [6.07, 6.45) is 3.19. The van der Waals surface area contributed by atoms with E-state index >= 15 is 0 Å². The van der Waals surface area contributed by atoms with Gasteiger partial charge in [0.15, 0.2) is 0 Å². The summed E-state index contributed by atoms with van der Waals surface area (Å²) in [5, 5.41) is 3.18. The molecule has 0 bridgehead atoms. The van der Waals surface area contributed by atoms with Gasteiger partial charge in [-0.15, -0.1) is 0 Å². The number of hydrogen-bond acceptors (Lipinski definition) is 3. The molecular weight excluding hydrogens is 262 g/mol. The van der Waals surface area contributed by atoms with E-state index in [1.54, 1.807) is 18.5 Å². The van der Waals surface area contributed by atoms with Gasteiger partial charge in [0.05, 0.1) is 19.3 Å². The second-order valence-electron chi connectivity index (χ2n) is 4.27. The molecule has 0 saturated carbocycles. The van der Waals surface area contributed by atoms with Gasteiger partial charge in [-0.25, -0.2) is 8.78 Å². The third kappa shape index (κ3) is 2.93. The van der Waals surface area contributed by atoms with Gasteiger partial charge in [-0.2, -0.15) is 0 Å². The molecule has 1 N–H and O–H groups in total. The number of ether oxygens (including phenoxy) is 1. The average Bonchev–Trinajstić information content (AvgIpc) is 2.45. The van der Waals surface area contributed by atoms with E-state index in [1.807, 2.05) is 6.92 Å². The van der Waals surface area contributed by atoms with Gasteiger partial charge in [0, 0.05) is 23.4 Å². The zero-order valence-electron chi connectivity index (χ0n) is 11.4. The fourth-order valence-corrected chi connectivity index (χ4v) is 2.13. The van der Waals surface area contributed by atoms with Gasteiger partial charge in [0.25, 0.3) is 0 Å². The number of pyridine rings is 1. The number of benzene rings is 1. The lowest BCUT2D eigenvalue weighted by atomic mass is 9.98. The quantitative estimate of drug-likeness (QED) is 0.912. The molecule has 1 unspecified atom stereocenters. The molecule has 1 aromatic heterocycles. The standard InChI is InChI=1S/C15H16F2N2O/c1-3-19-15(11-5-4-10(16)8-13(11)17)12-6-7-18-9-14(12)20-2/h4-9,15,19H,3H2,1-2H3. The van der Waals surface area contributed by atoms with Gasteiger partial charge >= 0.3 is 0 Å². The van der Waals surface area contributed by atoms with Crippen LogP contribution in [0.25, 0.3) is 0 Å². The summed E-state index contributed by atoms with van der Waals surface area (Å²) in [6, 6.07) is 4.91. The van der Waals surface area contributed by atoms with Crippen LogP contribution in [0.5, 0.6) is 5.75 Å². The van der Waals surface area contributed by atoms with Crippen molar-refractivity contribution >= 4 is 0 Å². The van der Waals surface area contributed by atoms with E-state index in [0.717, 1.165) is 11.6 Å². The summed E-state index contributed by atoms with van der Waals surface area (Å²) in [6.45, 7) is 2.55. The van der Waals surface area contributed by atoms with E-state index in [2.05, 4.69) is 10.3 Å². The van der Waals surface area contributed by atoms with E-state index in [9.17, 15) is 8.78 Å². The number of halogens is 2. The van der Waals surface area contributed by atoms with Crippen molar-refractivity contribution in [1.82, 2.24) is 10.3 Å². The lowest BCUT2D eigenvalue weighted by Crippen LogP contribution is -2.23. The minimum absolute atomic E-state index is 0.373. The maximum absolute atomic E-state index is 14.0. The second-order valence-corrected chi connectivity index (χ2v) is 4.27. The zero-order chi connectivity index (χ0) is 14.5. The van der Waals surface area contributed by atoms with Crippen LogP contribution in [0.15, 0.2) is 36.7 Å². The maximum atomic E-state index is 14.0. The van der Waals surface area contributed by atoms with Crippen LogP contribution >= 0.6 is 0 Å². The highest BCUT2D eigenvalue weighted by Gasteiger charge is 2.20. The molecular formula is C15H16F2N2O. The Morgan fingerprint density at radius 1 is 1.25 bits per heavy atom. The predicted octanol–water partition coefficient (Wildman–Crippen LogP) is 3.07. The Kier molecular flexibility index (Phi) is 4.63. The van der Waals surface area contributed by atoms with Gasteiger partial charge in [-0.05, 0) is 18.7 Å². The maximum Gasteiger partial charge on any atom is 0.142 e. The van der Waals surface area contributed by atoms with E-state index in [4.69, 9.17) is 4.74 Å². The number of hydrogen-bond donors (Lipinski definition) is 1. The van der Waals surface area contributed by atoms with Crippen LogP contribution in [-0.4, -0.2) is 18.6 Å². The van der Waals surface area contributed by atoms with Crippen molar-refractivity contribution in [3.8, 4) is 5.75 Å². The number of rotatable bonds is 5. The third-order valence-electron chi connectivity index (χ3n) is 3.03. The van der Waals surface area contributed by atoms with Crippen molar-refractivity contribution < 1.29 is 13.5 Å². The van der Waals surface area contributed by atoms with Crippen molar-refractivity contribution in [3.05, 3.63) is 59.4 Å². The van der Waals surface area contributed by atoms with Crippen LogP contribution in [0, 0.1) is 11.6 Å². The molecule has 1 heterocycles. The zero-order valence-corrected chi connectivity index (χ0v) is 11.4. The Bertz CT molecular complexity index is 590. The third-order valence-corrected chi connectivity index (χ3v) is 3.03. The predicted molar refractivity (Wildman–Crippen MR) is 72.7 cm³/mol. The van der Waals surface area contributed by atoms with E-state index in [-0.39, 0.29) is 0 Å².